The third kappa shape index (κ3) is 2.77. The lowest BCUT2D eigenvalue weighted by molar-refractivity contribution is 0.103. The average molecular weight is 367 g/mol. The summed E-state index contributed by atoms with van der Waals surface area (Å²) in [4.78, 5) is 12.8. The summed E-state index contributed by atoms with van der Waals surface area (Å²) in [5.41, 5.74) is 7.20. The van der Waals surface area contributed by atoms with Gasteiger partial charge in [-0.05, 0) is 12.1 Å². The second-order valence-corrected chi connectivity index (χ2v) is 5.77. The molecule has 0 fully saturated rings. The van der Waals surface area contributed by atoms with Gasteiger partial charge in [-0.15, -0.1) is 0 Å². The van der Waals surface area contributed by atoms with Gasteiger partial charge >= 0.3 is 0 Å². The van der Waals surface area contributed by atoms with Crippen molar-refractivity contribution < 1.29 is 9.21 Å². The largest absolute Gasteiger partial charge is 0.439 e. The molecule has 0 aliphatic heterocycles. The summed E-state index contributed by atoms with van der Waals surface area (Å²) in [5, 5.41) is 9.35. The number of nitriles is 1. The van der Waals surface area contributed by atoms with Crippen LogP contribution in [-0.2, 0) is 0 Å². The molecule has 3 aromatic rings. The molecule has 4 nitrogen and oxygen atoms in total. The van der Waals surface area contributed by atoms with Crippen molar-refractivity contribution in [2.75, 3.05) is 5.73 Å². The summed E-state index contributed by atoms with van der Waals surface area (Å²) in [6.45, 7) is 0. The zero-order valence-electron chi connectivity index (χ0n) is 11.9. The molecule has 1 aromatic heterocycles. The maximum absolute atomic E-state index is 12.8. The van der Waals surface area contributed by atoms with Gasteiger partial charge in [-0.2, -0.15) is 5.26 Å². The molecule has 0 spiro atoms. The molecule has 0 unspecified atom stereocenters. The van der Waals surface area contributed by atoms with Crippen LogP contribution < -0.4 is 5.73 Å². The minimum atomic E-state index is -0.291. The van der Waals surface area contributed by atoms with Gasteiger partial charge in [0.05, 0.1) is 5.56 Å². The molecule has 0 amide bonds. The molecule has 2 aromatic carbocycles. The zero-order valence-corrected chi connectivity index (χ0v) is 13.5. The van der Waals surface area contributed by atoms with Crippen LogP contribution in [0.1, 0.15) is 21.5 Å². The van der Waals surface area contributed by atoms with E-state index in [9.17, 15) is 10.1 Å². The molecule has 0 aliphatic carbocycles. The van der Waals surface area contributed by atoms with Gasteiger partial charge in [-0.3, -0.25) is 4.79 Å². The highest BCUT2D eigenvalue weighted by Gasteiger charge is 2.26. The fraction of sp³-hybridized carbons (Fsp3) is 0. The van der Waals surface area contributed by atoms with E-state index < -0.39 is 0 Å². The summed E-state index contributed by atoms with van der Waals surface area (Å²) in [7, 11) is 0. The molecule has 112 valence electrons. The number of hydrogen-bond donors (Lipinski definition) is 1. The van der Waals surface area contributed by atoms with E-state index in [-0.39, 0.29) is 22.8 Å². The first kappa shape index (κ1) is 15.1. The van der Waals surface area contributed by atoms with Crippen LogP contribution in [0.3, 0.4) is 0 Å². The van der Waals surface area contributed by atoms with E-state index in [1.54, 1.807) is 36.4 Å². The van der Waals surface area contributed by atoms with Gasteiger partial charge in [0.25, 0.3) is 0 Å². The highest BCUT2D eigenvalue weighted by molar-refractivity contribution is 9.10. The second-order valence-electron chi connectivity index (χ2n) is 4.86. The molecule has 5 heteroatoms. The number of nitrogens with two attached hydrogens (primary N) is 1. The Morgan fingerprint density at radius 1 is 1.09 bits per heavy atom. The van der Waals surface area contributed by atoms with Crippen LogP contribution in [0, 0.1) is 11.3 Å². The Morgan fingerprint density at radius 2 is 1.74 bits per heavy atom. The smallest absolute Gasteiger partial charge is 0.209 e. The molecule has 2 N–H and O–H groups in total. The van der Waals surface area contributed by atoms with Crippen LogP contribution in [0.4, 0.5) is 5.88 Å². The van der Waals surface area contributed by atoms with E-state index in [0.717, 1.165) is 4.47 Å². The van der Waals surface area contributed by atoms with Crippen molar-refractivity contribution in [1.29, 1.82) is 5.26 Å². The van der Waals surface area contributed by atoms with Crippen molar-refractivity contribution in [2.24, 2.45) is 0 Å². The first-order valence-electron chi connectivity index (χ1n) is 6.80. The molecule has 1 heterocycles. The number of hydrogen-bond acceptors (Lipinski definition) is 4. The van der Waals surface area contributed by atoms with E-state index in [2.05, 4.69) is 15.9 Å². The molecule has 0 radical (unpaired) electrons. The molecule has 0 atom stereocenters. The zero-order chi connectivity index (χ0) is 16.4. The first-order chi connectivity index (χ1) is 11.1. The van der Waals surface area contributed by atoms with E-state index >= 15 is 0 Å². The predicted molar refractivity (Wildman–Crippen MR) is 90.8 cm³/mol. The highest BCUT2D eigenvalue weighted by atomic mass is 79.9. The summed E-state index contributed by atoms with van der Waals surface area (Å²) in [6, 6.07) is 18.0. The van der Waals surface area contributed by atoms with Gasteiger partial charge in [-0.25, -0.2) is 0 Å². The Bertz CT molecular complexity index is 907. The molecular weight excluding hydrogens is 356 g/mol. The Morgan fingerprint density at radius 3 is 2.35 bits per heavy atom. The number of anilines is 1. The number of benzene rings is 2. The average Bonchev–Trinajstić information content (AvgIpc) is 2.92. The van der Waals surface area contributed by atoms with E-state index in [1.807, 2.05) is 24.3 Å². The van der Waals surface area contributed by atoms with E-state index in [0.29, 0.717) is 16.9 Å². The quantitative estimate of drug-likeness (QED) is 0.696. The van der Waals surface area contributed by atoms with Crippen molar-refractivity contribution in [3.8, 4) is 17.4 Å². The molecule has 0 aliphatic rings. The standard InChI is InChI=1S/C18H11BrN2O2/c19-13-8-6-12(7-9-13)17-15(14(10-20)18(21)23-17)16(22)11-4-2-1-3-5-11/h1-9H,21H2. The second kappa shape index (κ2) is 6.11. The normalized spacial score (nSPS) is 10.3. The molecule has 3 rings (SSSR count). The van der Waals surface area contributed by atoms with Gasteiger partial charge < -0.3 is 10.2 Å². The van der Waals surface area contributed by atoms with Crippen LogP contribution >= 0.6 is 15.9 Å². The van der Waals surface area contributed by atoms with E-state index in [4.69, 9.17) is 10.2 Å². The topological polar surface area (TPSA) is 80.0 Å². The van der Waals surface area contributed by atoms with Crippen LogP contribution in [0.25, 0.3) is 11.3 Å². The van der Waals surface area contributed by atoms with Gasteiger partial charge in [0.1, 0.15) is 17.4 Å². The van der Waals surface area contributed by atoms with E-state index in [1.165, 1.54) is 0 Å². The summed E-state index contributed by atoms with van der Waals surface area (Å²) in [6.07, 6.45) is 0. The van der Waals surface area contributed by atoms with Crippen LogP contribution in [0.15, 0.2) is 63.5 Å². The number of halogens is 1. The third-order valence-electron chi connectivity index (χ3n) is 3.42. The van der Waals surface area contributed by atoms with Crippen LogP contribution in [0.5, 0.6) is 0 Å². The lowest BCUT2D eigenvalue weighted by Crippen LogP contribution is -2.04. The monoisotopic (exact) mass is 366 g/mol. The Hall–Kier alpha value is -2.84. The summed E-state index contributed by atoms with van der Waals surface area (Å²) < 4.78 is 6.42. The van der Waals surface area contributed by atoms with Crippen LogP contribution in [-0.4, -0.2) is 5.78 Å². The Balaban J connectivity index is 2.21. The summed E-state index contributed by atoms with van der Waals surface area (Å²) >= 11 is 3.36. The van der Waals surface area contributed by atoms with Crippen LogP contribution in [0.2, 0.25) is 0 Å². The predicted octanol–water partition coefficient (Wildman–Crippen LogP) is 4.39. The number of nitrogen functional groups attached to an aromatic ring is 1. The number of rotatable bonds is 3. The van der Waals surface area contributed by atoms with Gasteiger partial charge in [-0.1, -0.05) is 58.4 Å². The maximum atomic E-state index is 12.8. The minimum absolute atomic E-state index is 0.0512. The van der Waals surface area contributed by atoms with Crippen molar-refractivity contribution in [3.05, 3.63) is 75.8 Å². The number of carbonyl (C=O) groups is 1. The number of carbonyl (C=O) groups excluding carboxylic acids is 1. The maximum Gasteiger partial charge on any atom is 0.209 e. The minimum Gasteiger partial charge on any atom is -0.439 e. The Labute approximate surface area is 141 Å². The SMILES string of the molecule is N#Cc1c(N)oc(-c2ccc(Br)cc2)c1C(=O)c1ccccc1. The van der Waals surface area contributed by atoms with Crippen molar-refractivity contribution in [3.63, 3.8) is 0 Å². The summed E-state index contributed by atoms with van der Waals surface area (Å²) in [5.74, 6) is -0.0365. The van der Waals surface area contributed by atoms with Gasteiger partial charge in [0.15, 0.2) is 5.78 Å². The fourth-order valence-electron chi connectivity index (χ4n) is 2.31. The highest BCUT2D eigenvalue weighted by Crippen LogP contribution is 2.35. The third-order valence-corrected chi connectivity index (χ3v) is 3.95. The number of nitrogens with zero attached hydrogens (tertiary/aromatic N) is 1. The molecule has 23 heavy (non-hydrogen) atoms. The first-order valence-corrected chi connectivity index (χ1v) is 7.59. The van der Waals surface area contributed by atoms with Gasteiger partial charge in [0.2, 0.25) is 5.88 Å². The lowest BCUT2D eigenvalue weighted by Gasteiger charge is -2.03. The van der Waals surface area contributed by atoms with Crippen molar-refractivity contribution >= 4 is 27.6 Å². The van der Waals surface area contributed by atoms with Crippen molar-refractivity contribution in [2.45, 2.75) is 0 Å². The molecular formula is C18H11BrN2O2. The molecule has 0 bridgehead atoms. The number of ketones is 1. The van der Waals surface area contributed by atoms with Crippen molar-refractivity contribution in [1.82, 2.24) is 0 Å². The molecule has 0 saturated carbocycles. The van der Waals surface area contributed by atoms with Gasteiger partial charge in [0, 0.05) is 15.6 Å². The molecule has 0 saturated heterocycles. The fourth-order valence-corrected chi connectivity index (χ4v) is 2.58. The lowest BCUT2D eigenvalue weighted by atomic mass is 9.97. The number of furan rings is 1. The Kier molecular flexibility index (Phi) is 4.00.